The number of para-hydroxylation sites is 1. The zero-order valence-electron chi connectivity index (χ0n) is 13.3. The highest BCUT2D eigenvalue weighted by Crippen LogP contribution is 2.35. The lowest BCUT2D eigenvalue weighted by Gasteiger charge is -2.09. The second-order valence-corrected chi connectivity index (χ2v) is 6.30. The number of nitrogens with zero attached hydrogens (tertiary/aromatic N) is 2. The van der Waals surface area contributed by atoms with Crippen molar-refractivity contribution in [3.8, 4) is 11.3 Å². The van der Waals surface area contributed by atoms with Crippen molar-refractivity contribution in [1.29, 1.82) is 0 Å². The van der Waals surface area contributed by atoms with Gasteiger partial charge >= 0.3 is 0 Å². The summed E-state index contributed by atoms with van der Waals surface area (Å²) in [5, 5.41) is 10.8. The zero-order valence-corrected chi connectivity index (χ0v) is 14.1. The third-order valence-electron chi connectivity index (χ3n) is 3.59. The molecule has 128 valence electrons. The van der Waals surface area contributed by atoms with Crippen LogP contribution in [0.2, 0.25) is 0 Å². The summed E-state index contributed by atoms with van der Waals surface area (Å²) >= 11 is 0.860. The van der Waals surface area contributed by atoms with E-state index in [0.717, 1.165) is 11.8 Å². The maximum atomic E-state index is 12.2. The predicted octanol–water partition coefficient (Wildman–Crippen LogP) is 4.30. The van der Waals surface area contributed by atoms with Crippen LogP contribution >= 0.6 is 11.8 Å². The van der Waals surface area contributed by atoms with Gasteiger partial charge < -0.3 is 4.42 Å². The van der Waals surface area contributed by atoms with Crippen LogP contribution < -0.4 is 0 Å². The molecule has 0 saturated carbocycles. The maximum absolute atomic E-state index is 12.2. The van der Waals surface area contributed by atoms with E-state index in [2.05, 4.69) is 0 Å². The highest BCUT2D eigenvalue weighted by Gasteiger charge is 2.34. The van der Waals surface area contributed by atoms with E-state index >= 15 is 0 Å². The molecule has 1 saturated heterocycles. The van der Waals surface area contributed by atoms with Gasteiger partial charge in [0, 0.05) is 18.7 Å². The summed E-state index contributed by atoms with van der Waals surface area (Å²) in [5.41, 5.74) is 0.290. The molecule has 1 aromatic carbocycles. The van der Waals surface area contributed by atoms with Crippen molar-refractivity contribution in [2.24, 2.45) is 0 Å². The van der Waals surface area contributed by atoms with Crippen LogP contribution in [0.1, 0.15) is 19.1 Å². The number of imide groups is 1. The fraction of sp³-hybridized carbons (Fsp3) is 0.176. The van der Waals surface area contributed by atoms with E-state index in [1.54, 1.807) is 30.3 Å². The lowest BCUT2D eigenvalue weighted by molar-refractivity contribution is -0.384. The Labute approximate surface area is 147 Å². The second-order valence-electron chi connectivity index (χ2n) is 5.31. The Hall–Kier alpha value is -2.87. The Morgan fingerprint density at radius 1 is 1.24 bits per heavy atom. The minimum Gasteiger partial charge on any atom is -0.456 e. The van der Waals surface area contributed by atoms with Crippen LogP contribution in [-0.4, -0.2) is 27.5 Å². The van der Waals surface area contributed by atoms with Gasteiger partial charge in [0.25, 0.3) is 16.8 Å². The van der Waals surface area contributed by atoms with Crippen LogP contribution in [-0.2, 0) is 4.79 Å². The quantitative estimate of drug-likeness (QED) is 0.449. The number of carbonyl (C=O) groups excluding carboxylic acids is 2. The largest absolute Gasteiger partial charge is 0.456 e. The summed E-state index contributed by atoms with van der Waals surface area (Å²) < 4.78 is 5.63. The fourth-order valence-corrected chi connectivity index (χ4v) is 3.31. The molecular weight excluding hydrogens is 344 g/mol. The van der Waals surface area contributed by atoms with Crippen molar-refractivity contribution in [2.45, 2.75) is 13.3 Å². The third-order valence-corrected chi connectivity index (χ3v) is 4.49. The molecule has 1 aliphatic heterocycles. The molecule has 8 heteroatoms. The van der Waals surface area contributed by atoms with Crippen LogP contribution in [0.3, 0.4) is 0 Å². The highest BCUT2D eigenvalue weighted by molar-refractivity contribution is 8.18. The van der Waals surface area contributed by atoms with Crippen molar-refractivity contribution in [1.82, 2.24) is 4.90 Å². The first-order valence-corrected chi connectivity index (χ1v) is 8.42. The number of furan rings is 1. The first-order chi connectivity index (χ1) is 12.0. The highest BCUT2D eigenvalue weighted by atomic mass is 32.2. The number of nitro benzene ring substituents is 1. The van der Waals surface area contributed by atoms with E-state index in [-0.39, 0.29) is 21.7 Å². The van der Waals surface area contributed by atoms with Crippen LogP contribution in [0.15, 0.2) is 45.7 Å². The Balaban J connectivity index is 1.90. The SMILES string of the molecule is CCCN1C(=O)SC(=Cc2ccc(-c3ccccc3[N+](=O)[O-])o2)C1=O. The van der Waals surface area contributed by atoms with Crippen molar-refractivity contribution >= 4 is 34.7 Å². The van der Waals surface area contributed by atoms with Gasteiger partial charge in [0.1, 0.15) is 11.5 Å². The fourth-order valence-electron chi connectivity index (χ4n) is 2.46. The molecule has 2 heterocycles. The van der Waals surface area contributed by atoms with Crippen LogP contribution in [0, 0.1) is 10.1 Å². The van der Waals surface area contributed by atoms with Crippen molar-refractivity contribution < 1.29 is 18.9 Å². The van der Waals surface area contributed by atoms with E-state index in [4.69, 9.17) is 4.42 Å². The summed E-state index contributed by atoms with van der Waals surface area (Å²) in [6.45, 7) is 2.26. The number of hydrogen-bond acceptors (Lipinski definition) is 6. The topological polar surface area (TPSA) is 93.7 Å². The lowest BCUT2D eigenvalue weighted by atomic mass is 10.1. The maximum Gasteiger partial charge on any atom is 0.293 e. The van der Waals surface area contributed by atoms with Gasteiger partial charge in [0.05, 0.1) is 15.4 Å². The van der Waals surface area contributed by atoms with Crippen molar-refractivity contribution in [3.63, 3.8) is 0 Å². The number of rotatable bonds is 5. The lowest BCUT2D eigenvalue weighted by Crippen LogP contribution is -2.28. The normalized spacial score (nSPS) is 16.0. The second kappa shape index (κ2) is 6.94. The molecule has 0 bridgehead atoms. The first kappa shape index (κ1) is 17.0. The van der Waals surface area contributed by atoms with Gasteiger partial charge in [0.2, 0.25) is 0 Å². The predicted molar refractivity (Wildman–Crippen MR) is 93.8 cm³/mol. The van der Waals surface area contributed by atoms with E-state index < -0.39 is 4.92 Å². The smallest absolute Gasteiger partial charge is 0.293 e. The van der Waals surface area contributed by atoms with Gasteiger partial charge in [-0.1, -0.05) is 19.1 Å². The van der Waals surface area contributed by atoms with Gasteiger partial charge in [-0.3, -0.25) is 24.6 Å². The van der Waals surface area contributed by atoms with Crippen LogP contribution in [0.25, 0.3) is 17.4 Å². The number of hydrogen-bond donors (Lipinski definition) is 0. The van der Waals surface area contributed by atoms with Gasteiger partial charge in [-0.05, 0) is 36.4 Å². The minimum atomic E-state index is -0.479. The molecule has 2 aromatic rings. The first-order valence-electron chi connectivity index (χ1n) is 7.60. The molecule has 1 fully saturated rings. The molecule has 7 nitrogen and oxygen atoms in total. The molecule has 0 aliphatic carbocycles. The van der Waals surface area contributed by atoms with Crippen molar-refractivity contribution in [3.05, 3.63) is 57.2 Å². The monoisotopic (exact) mass is 358 g/mol. The summed E-state index contributed by atoms with van der Waals surface area (Å²) in [5.74, 6) is 0.335. The van der Waals surface area contributed by atoms with Gasteiger partial charge in [-0.25, -0.2) is 0 Å². The zero-order chi connectivity index (χ0) is 18.0. The Morgan fingerprint density at radius 3 is 2.72 bits per heavy atom. The number of carbonyl (C=O) groups is 2. The standard InChI is InChI=1S/C17H14N2O5S/c1-2-9-18-16(20)15(25-17(18)21)10-11-7-8-14(24-11)12-5-3-4-6-13(12)19(22)23/h3-8,10H,2,9H2,1H3. The molecule has 2 amide bonds. The molecule has 1 aromatic heterocycles. The molecular formula is C17H14N2O5S. The molecule has 0 radical (unpaired) electrons. The van der Waals surface area contributed by atoms with E-state index in [1.807, 2.05) is 6.92 Å². The molecule has 0 N–H and O–H groups in total. The minimum absolute atomic E-state index is 0.0633. The molecule has 3 rings (SSSR count). The number of nitro groups is 1. The summed E-state index contributed by atoms with van der Waals surface area (Å²) in [4.78, 5) is 36.2. The molecule has 0 unspecified atom stereocenters. The number of benzene rings is 1. The molecule has 0 atom stereocenters. The van der Waals surface area contributed by atoms with E-state index in [1.165, 1.54) is 17.0 Å². The molecule has 1 aliphatic rings. The Kier molecular flexibility index (Phi) is 4.71. The summed E-state index contributed by atoms with van der Waals surface area (Å²) in [7, 11) is 0. The van der Waals surface area contributed by atoms with E-state index in [0.29, 0.717) is 30.0 Å². The summed E-state index contributed by atoms with van der Waals surface area (Å²) in [6.07, 6.45) is 2.17. The summed E-state index contributed by atoms with van der Waals surface area (Å²) in [6, 6.07) is 9.46. The van der Waals surface area contributed by atoms with Gasteiger partial charge in [-0.2, -0.15) is 0 Å². The Bertz CT molecular complexity index is 887. The molecule has 0 spiro atoms. The average molecular weight is 358 g/mol. The Morgan fingerprint density at radius 2 is 2.00 bits per heavy atom. The average Bonchev–Trinajstić information content (AvgIpc) is 3.16. The van der Waals surface area contributed by atoms with Crippen LogP contribution in [0.5, 0.6) is 0 Å². The van der Waals surface area contributed by atoms with E-state index in [9.17, 15) is 19.7 Å². The van der Waals surface area contributed by atoms with Crippen molar-refractivity contribution in [2.75, 3.05) is 6.54 Å². The van der Waals surface area contributed by atoms with Gasteiger partial charge in [0.15, 0.2) is 0 Å². The van der Waals surface area contributed by atoms with Crippen LogP contribution in [0.4, 0.5) is 10.5 Å². The third kappa shape index (κ3) is 3.34. The number of thioether (sulfide) groups is 1. The molecule has 25 heavy (non-hydrogen) atoms. The number of amides is 2. The van der Waals surface area contributed by atoms with Gasteiger partial charge in [-0.15, -0.1) is 0 Å².